The Labute approximate surface area is 99.1 Å². The number of hydrogen-bond acceptors (Lipinski definition) is 2. The third-order valence-corrected chi connectivity index (χ3v) is 2.22. The third kappa shape index (κ3) is 2.38. The molecule has 0 aliphatic carbocycles. The first kappa shape index (κ1) is 10.6. The minimum absolute atomic E-state index is 0.266. The average molecular weight is 232 g/mol. The largest absolute Gasteiger partial charge is 0.376 e. The summed E-state index contributed by atoms with van der Waals surface area (Å²) in [5.74, 6) is 0. The molecule has 16 heavy (non-hydrogen) atoms. The molecule has 2 rings (SSSR count). The lowest BCUT2D eigenvalue weighted by molar-refractivity contribution is 0.863. The van der Waals surface area contributed by atoms with Crippen LogP contribution in [0.5, 0.6) is 0 Å². The van der Waals surface area contributed by atoms with Crippen molar-refractivity contribution in [2.45, 2.75) is 6.92 Å². The van der Waals surface area contributed by atoms with Crippen LogP contribution in [0.25, 0.3) is 5.69 Å². The smallest absolute Gasteiger partial charge is 0.168 e. The summed E-state index contributed by atoms with van der Waals surface area (Å²) in [7, 11) is 0. The van der Waals surface area contributed by atoms with Crippen LogP contribution in [0.4, 0.5) is 5.69 Å². The number of benzene rings is 1. The van der Waals surface area contributed by atoms with Crippen LogP contribution in [0.3, 0.4) is 0 Å². The molecule has 0 aliphatic rings. The van der Waals surface area contributed by atoms with E-state index in [1.807, 2.05) is 48.1 Å². The van der Waals surface area contributed by atoms with Crippen LogP contribution in [0.15, 0.2) is 36.5 Å². The number of anilines is 1. The van der Waals surface area contributed by atoms with Gasteiger partial charge in [0.25, 0.3) is 0 Å². The van der Waals surface area contributed by atoms with E-state index < -0.39 is 0 Å². The van der Waals surface area contributed by atoms with Crippen LogP contribution >= 0.6 is 12.2 Å². The standard InChI is InChI=1S/C11H12N4S/c1-8-6-7-15(14-8)10-4-2-9(3-5-10)13-11(12)16/h2-7H,1H3,(H3,12,13,16). The zero-order chi connectivity index (χ0) is 11.5. The number of rotatable bonds is 2. The molecular formula is C11H12N4S. The number of nitrogens with two attached hydrogens (primary N) is 1. The highest BCUT2D eigenvalue weighted by Gasteiger charge is 1.98. The van der Waals surface area contributed by atoms with Crippen molar-refractivity contribution in [2.24, 2.45) is 5.73 Å². The van der Waals surface area contributed by atoms with Crippen LogP contribution in [-0.4, -0.2) is 14.9 Å². The van der Waals surface area contributed by atoms with E-state index >= 15 is 0 Å². The van der Waals surface area contributed by atoms with E-state index in [9.17, 15) is 0 Å². The predicted molar refractivity (Wildman–Crippen MR) is 68.7 cm³/mol. The van der Waals surface area contributed by atoms with Gasteiger partial charge in [-0.15, -0.1) is 0 Å². The normalized spacial score (nSPS) is 10.1. The Kier molecular flexibility index (Phi) is 2.87. The number of nitrogens with one attached hydrogen (secondary N) is 1. The van der Waals surface area contributed by atoms with Gasteiger partial charge in [0.15, 0.2) is 5.11 Å². The van der Waals surface area contributed by atoms with Gasteiger partial charge in [-0.05, 0) is 49.5 Å². The van der Waals surface area contributed by atoms with Gasteiger partial charge in [0.2, 0.25) is 0 Å². The molecule has 3 N–H and O–H groups in total. The second-order valence-electron chi connectivity index (χ2n) is 3.44. The molecule has 0 saturated heterocycles. The lowest BCUT2D eigenvalue weighted by Crippen LogP contribution is -2.18. The molecule has 0 aliphatic heterocycles. The molecule has 0 radical (unpaired) electrons. The van der Waals surface area contributed by atoms with E-state index in [4.69, 9.17) is 18.0 Å². The molecule has 1 aromatic heterocycles. The van der Waals surface area contributed by atoms with E-state index in [1.54, 1.807) is 0 Å². The van der Waals surface area contributed by atoms with Gasteiger partial charge in [-0.2, -0.15) is 5.10 Å². The van der Waals surface area contributed by atoms with E-state index in [0.717, 1.165) is 17.1 Å². The molecule has 0 unspecified atom stereocenters. The summed E-state index contributed by atoms with van der Waals surface area (Å²) in [5.41, 5.74) is 8.25. The Bertz CT molecular complexity index is 501. The first-order valence-electron chi connectivity index (χ1n) is 4.84. The molecule has 0 fully saturated rings. The maximum atomic E-state index is 5.38. The van der Waals surface area contributed by atoms with Crippen LogP contribution in [0.1, 0.15) is 5.69 Å². The Morgan fingerprint density at radius 1 is 1.31 bits per heavy atom. The minimum Gasteiger partial charge on any atom is -0.376 e. The van der Waals surface area contributed by atoms with Crippen molar-refractivity contribution in [3.63, 3.8) is 0 Å². The number of hydrogen-bond donors (Lipinski definition) is 2. The first-order chi connectivity index (χ1) is 7.65. The van der Waals surface area contributed by atoms with Crippen molar-refractivity contribution in [3.05, 3.63) is 42.2 Å². The highest BCUT2D eigenvalue weighted by atomic mass is 32.1. The van der Waals surface area contributed by atoms with E-state index in [1.165, 1.54) is 0 Å². The molecule has 0 bridgehead atoms. The average Bonchev–Trinajstić information content (AvgIpc) is 2.65. The predicted octanol–water partition coefficient (Wildman–Crippen LogP) is 1.84. The van der Waals surface area contributed by atoms with Gasteiger partial charge in [-0.1, -0.05) is 0 Å². The Morgan fingerprint density at radius 3 is 2.50 bits per heavy atom. The first-order valence-corrected chi connectivity index (χ1v) is 5.25. The third-order valence-electron chi connectivity index (χ3n) is 2.12. The fourth-order valence-electron chi connectivity index (χ4n) is 1.40. The molecule has 2 aromatic rings. The Hall–Kier alpha value is -1.88. The number of thiocarbonyl (C=S) groups is 1. The molecule has 82 valence electrons. The molecule has 5 heteroatoms. The van der Waals surface area contributed by atoms with Crippen LogP contribution in [0.2, 0.25) is 0 Å². The fourth-order valence-corrected chi connectivity index (χ4v) is 1.52. The molecule has 1 heterocycles. The molecule has 0 spiro atoms. The maximum Gasteiger partial charge on any atom is 0.168 e. The maximum absolute atomic E-state index is 5.38. The topological polar surface area (TPSA) is 55.9 Å². The number of aryl methyl sites for hydroxylation is 1. The molecule has 1 aromatic carbocycles. The zero-order valence-corrected chi connectivity index (χ0v) is 9.66. The van der Waals surface area contributed by atoms with Crippen molar-refractivity contribution in [3.8, 4) is 5.69 Å². The van der Waals surface area contributed by atoms with Crippen molar-refractivity contribution in [2.75, 3.05) is 5.32 Å². The zero-order valence-electron chi connectivity index (χ0n) is 8.84. The van der Waals surface area contributed by atoms with Crippen LogP contribution < -0.4 is 11.1 Å². The van der Waals surface area contributed by atoms with E-state index in [-0.39, 0.29) is 5.11 Å². The number of aromatic nitrogens is 2. The summed E-state index contributed by atoms with van der Waals surface area (Å²) in [6.07, 6.45) is 1.92. The molecule has 0 saturated carbocycles. The van der Waals surface area contributed by atoms with Gasteiger partial charge in [0.1, 0.15) is 0 Å². The molecule has 0 amide bonds. The fraction of sp³-hybridized carbons (Fsp3) is 0.0909. The van der Waals surface area contributed by atoms with Crippen LogP contribution in [-0.2, 0) is 0 Å². The summed E-state index contributed by atoms with van der Waals surface area (Å²) >= 11 is 4.76. The van der Waals surface area contributed by atoms with Crippen molar-refractivity contribution in [1.82, 2.24) is 9.78 Å². The summed E-state index contributed by atoms with van der Waals surface area (Å²) < 4.78 is 1.82. The Morgan fingerprint density at radius 2 is 2.00 bits per heavy atom. The van der Waals surface area contributed by atoms with Crippen molar-refractivity contribution < 1.29 is 0 Å². The Balaban J connectivity index is 2.22. The molecule has 0 atom stereocenters. The van der Waals surface area contributed by atoms with Gasteiger partial charge in [0, 0.05) is 11.9 Å². The SMILES string of the molecule is Cc1ccn(-c2ccc(NC(N)=S)cc2)n1. The monoisotopic (exact) mass is 232 g/mol. The van der Waals surface area contributed by atoms with Gasteiger partial charge in [-0.3, -0.25) is 0 Å². The highest BCUT2D eigenvalue weighted by Crippen LogP contribution is 2.12. The molecule has 4 nitrogen and oxygen atoms in total. The second-order valence-corrected chi connectivity index (χ2v) is 3.88. The number of nitrogens with zero attached hydrogens (tertiary/aromatic N) is 2. The summed E-state index contributed by atoms with van der Waals surface area (Å²) in [4.78, 5) is 0. The second kappa shape index (κ2) is 4.32. The lowest BCUT2D eigenvalue weighted by atomic mass is 10.3. The summed E-state index contributed by atoms with van der Waals surface area (Å²) in [5, 5.41) is 7.45. The van der Waals surface area contributed by atoms with Gasteiger partial charge >= 0.3 is 0 Å². The van der Waals surface area contributed by atoms with Gasteiger partial charge in [0.05, 0.1) is 11.4 Å². The summed E-state index contributed by atoms with van der Waals surface area (Å²) in [6.45, 7) is 1.96. The van der Waals surface area contributed by atoms with E-state index in [0.29, 0.717) is 0 Å². The highest BCUT2D eigenvalue weighted by molar-refractivity contribution is 7.80. The van der Waals surface area contributed by atoms with Gasteiger partial charge < -0.3 is 11.1 Å². The van der Waals surface area contributed by atoms with Crippen LogP contribution in [0, 0.1) is 6.92 Å². The quantitative estimate of drug-likeness (QED) is 0.776. The minimum atomic E-state index is 0.266. The van der Waals surface area contributed by atoms with Crippen molar-refractivity contribution >= 4 is 23.0 Å². The van der Waals surface area contributed by atoms with Gasteiger partial charge in [-0.25, -0.2) is 4.68 Å². The van der Waals surface area contributed by atoms with E-state index in [2.05, 4.69) is 10.4 Å². The molecular weight excluding hydrogens is 220 g/mol. The van der Waals surface area contributed by atoms with Crippen molar-refractivity contribution in [1.29, 1.82) is 0 Å². The summed E-state index contributed by atoms with van der Waals surface area (Å²) in [6, 6.07) is 9.68. The lowest BCUT2D eigenvalue weighted by Gasteiger charge is -2.05.